The van der Waals surface area contributed by atoms with Crippen LogP contribution < -0.4 is 4.74 Å². The van der Waals surface area contributed by atoms with Crippen molar-refractivity contribution in [2.75, 3.05) is 20.2 Å². The number of hydrogen-bond acceptors (Lipinski definition) is 2. The van der Waals surface area contributed by atoms with Gasteiger partial charge in [0.1, 0.15) is 5.75 Å². The summed E-state index contributed by atoms with van der Waals surface area (Å²) < 4.78 is 5.13. The van der Waals surface area contributed by atoms with Gasteiger partial charge >= 0.3 is 0 Å². The summed E-state index contributed by atoms with van der Waals surface area (Å²) in [6, 6.07) is 7.97. The lowest BCUT2D eigenvalue weighted by Crippen LogP contribution is -2.31. The van der Waals surface area contributed by atoms with Crippen molar-refractivity contribution in [2.24, 2.45) is 0 Å². The Labute approximate surface area is 115 Å². The molecule has 2 rings (SSSR count). The van der Waals surface area contributed by atoms with E-state index in [9.17, 15) is 4.79 Å². The fourth-order valence-electron chi connectivity index (χ4n) is 2.52. The normalized spacial score (nSPS) is 15.9. The van der Waals surface area contributed by atoms with Crippen molar-refractivity contribution in [3.8, 4) is 5.75 Å². The van der Waals surface area contributed by atoms with Gasteiger partial charge in [-0.15, -0.1) is 0 Å². The van der Waals surface area contributed by atoms with Gasteiger partial charge in [0.15, 0.2) is 0 Å². The first-order valence-electron chi connectivity index (χ1n) is 7.20. The van der Waals surface area contributed by atoms with Crippen LogP contribution in [0.2, 0.25) is 0 Å². The van der Waals surface area contributed by atoms with Crippen LogP contribution in [0, 0.1) is 0 Å². The molecule has 104 valence electrons. The van der Waals surface area contributed by atoms with Gasteiger partial charge in [-0.25, -0.2) is 0 Å². The molecule has 0 spiro atoms. The molecule has 0 atom stereocenters. The summed E-state index contributed by atoms with van der Waals surface area (Å²) in [7, 11) is 1.66. The largest absolute Gasteiger partial charge is 0.497 e. The molecular weight excluding hydrogens is 238 g/mol. The Morgan fingerprint density at radius 3 is 2.32 bits per heavy atom. The Morgan fingerprint density at radius 1 is 1.11 bits per heavy atom. The van der Waals surface area contributed by atoms with E-state index in [-0.39, 0.29) is 0 Å². The van der Waals surface area contributed by atoms with E-state index in [1.807, 2.05) is 29.2 Å². The summed E-state index contributed by atoms with van der Waals surface area (Å²) >= 11 is 0. The number of carbonyl (C=O) groups excluding carboxylic acids is 1. The Morgan fingerprint density at radius 2 is 1.74 bits per heavy atom. The zero-order valence-corrected chi connectivity index (χ0v) is 11.7. The molecular formula is C16H23NO2. The molecule has 3 nitrogen and oxygen atoms in total. The average Bonchev–Trinajstić information content (AvgIpc) is 2.74. The number of rotatable bonds is 4. The average molecular weight is 261 g/mol. The second-order valence-corrected chi connectivity index (χ2v) is 5.14. The Bertz CT molecular complexity index is 392. The number of nitrogens with zero attached hydrogens (tertiary/aromatic N) is 1. The highest BCUT2D eigenvalue weighted by Gasteiger charge is 2.14. The zero-order chi connectivity index (χ0) is 13.5. The summed E-state index contributed by atoms with van der Waals surface area (Å²) in [6.45, 7) is 1.89. The Hall–Kier alpha value is -1.51. The third kappa shape index (κ3) is 4.27. The number of aryl methyl sites for hydroxylation is 1. The maximum absolute atomic E-state index is 12.1. The van der Waals surface area contributed by atoms with Gasteiger partial charge in [-0.2, -0.15) is 0 Å². The minimum absolute atomic E-state index is 0.303. The van der Waals surface area contributed by atoms with E-state index in [0.29, 0.717) is 12.3 Å². The number of likely N-dealkylation sites (tertiary alicyclic amines) is 1. The molecule has 1 fully saturated rings. The first-order valence-corrected chi connectivity index (χ1v) is 7.20. The van der Waals surface area contributed by atoms with Gasteiger partial charge in [0, 0.05) is 19.5 Å². The van der Waals surface area contributed by atoms with Crippen LogP contribution in [0.5, 0.6) is 5.75 Å². The molecule has 19 heavy (non-hydrogen) atoms. The second kappa shape index (κ2) is 7.17. The number of methoxy groups -OCH3 is 1. The van der Waals surface area contributed by atoms with Gasteiger partial charge < -0.3 is 9.64 Å². The van der Waals surface area contributed by atoms with Crippen LogP contribution in [-0.2, 0) is 11.2 Å². The summed E-state index contributed by atoms with van der Waals surface area (Å²) in [6.07, 6.45) is 6.29. The first-order chi connectivity index (χ1) is 9.29. The second-order valence-electron chi connectivity index (χ2n) is 5.14. The smallest absolute Gasteiger partial charge is 0.222 e. The quantitative estimate of drug-likeness (QED) is 0.833. The molecule has 1 amide bonds. The molecule has 1 aliphatic rings. The molecule has 0 N–H and O–H groups in total. The van der Waals surface area contributed by atoms with Gasteiger partial charge in [0.05, 0.1) is 7.11 Å². The van der Waals surface area contributed by atoms with E-state index in [0.717, 1.165) is 38.1 Å². The van der Waals surface area contributed by atoms with Crippen LogP contribution in [0.1, 0.15) is 37.7 Å². The van der Waals surface area contributed by atoms with Crippen molar-refractivity contribution in [3.63, 3.8) is 0 Å². The van der Waals surface area contributed by atoms with Gasteiger partial charge in [0.25, 0.3) is 0 Å². The predicted octanol–water partition coefficient (Wildman–Crippen LogP) is 3.03. The van der Waals surface area contributed by atoms with Crippen LogP contribution in [-0.4, -0.2) is 31.0 Å². The van der Waals surface area contributed by atoms with E-state index >= 15 is 0 Å². The van der Waals surface area contributed by atoms with E-state index in [2.05, 4.69) is 0 Å². The van der Waals surface area contributed by atoms with Crippen LogP contribution >= 0.6 is 0 Å². The van der Waals surface area contributed by atoms with Crippen LogP contribution in [0.3, 0.4) is 0 Å². The predicted molar refractivity (Wildman–Crippen MR) is 76.4 cm³/mol. The van der Waals surface area contributed by atoms with Crippen molar-refractivity contribution < 1.29 is 9.53 Å². The highest BCUT2D eigenvalue weighted by Crippen LogP contribution is 2.14. The molecule has 0 bridgehead atoms. The van der Waals surface area contributed by atoms with Gasteiger partial charge in [-0.05, 0) is 37.0 Å². The number of ether oxygens (including phenoxy) is 1. The third-order valence-corrected chi connectivity index (χ3v) is 3.75. The molecule has 1 aliphatic heterocycles. The monoisotopic (exact) mass is 261 g/mol. The number of carbonyl (C=O) groups is 1. The standard InChI is InChI=1S/C16H23NO2/c1-19-15-9-6-14(7-10-15)8-11-16(18)17-12-4-2-3-5-13-17/h6-7,9-10H,2-5,8,11-13H2,1H3. The maximum Gasteiger partial charge on any atom is 0.222 e. The molecule has 1 aromatic rings. The van der Waals surface area contributed by atoms with Crippen molar-refractivity contribution in [3.05, 3.63) is 29.8 Å². The summed E-state index contributed by atoms with van der Waals surface area (Å²) in [5.74, 6) is 1.17. The van der Waals surface area contributed by atoms with Crippen molar-refractivity contribution in [1.82, 2.24) is 4.90 Å². The molecule has 1 heterocycles. The minimum atomic E-state index is 0.303. The van der Waals surface area contributed by atoms with E-state index in [1.165, 1.54) is 18.4 Å². The molecule has 0 aliphatic carbocycles. The van der Waals surface area contributed by atoms with Crippen molar-refractivity contribution in [1.29, 1.82) is 0 Å². The van der Waals surface area contributed by atoms with Gasteiger partial charge in [-0.3, -0.25) is 4.79 Å². The summed E-state index contributed by atoms with van der Waals surface area (Å²) in [4.78, 5) is 14.2. The summed E-state index contributed by atoms with van der Waals surface area (Å²) in [5, 5.41) is 0. The molecule has 0 radical (unpaired) electrons. The van der Waals surface area contributed by atoms with E-state index in [4.69, 9.17) is 4.74 Å². The van der Waals surface area contributed by atoms with Gasteiger partial charge in [0.2, 0.25) is 5.91 Å². The zero-order valence-electron chi connectivity index (χ0n) is 11.7. The highest BCUT2D eigenvalue weighted by atomic mass is 16.5. The molecule has 0 unspecified atom stereocenters. The molecule has 1 saturated heterocycles. The number of benzene rings is 1. The Balaban J connectivity index is 1.81. The lowest BCUT2D eigenvalue weighted by atomic mass is 10.1. The minimum Gasteiger partial charge on any atom is -0.497 e. The number of hydrogen-bond donors (Lipinski definition) is 0. The fraction of sp³-hybridized carbons (Fsp3) is 0.562. The lowest BCUT2D eigenvalue weighted by molar-refractivity contribution is -0.131. The van der Waals surface area contributed by atoms with E-state index < -0.39 is 0 Å². The Kier molecular flexibility index (Phi) is 5.25. The molecule has 1 aromatic carbocycles. The van der Waals surface area contributed by atoms with Crippen molar-refractivity contribution in [2.45, 2.75) is 38.5 Å². The van der Waals surface area contributed by atoms with Crippen molar-refractivity contribution >= 4 is 5.91 Å². The first kappa shape index (κ1) is 13.9. The van der Waals surface area contributed by atoms with Crippen LogP contribution in [0.15, 0.2) is 24.3 Å². The highest BCUT2D eigenvalue weighted by molar-refractivity contribution is 5.76. The summed E-state index contributed by atoms with van der Waals surface area (Å²) in [5.41, 5.74) is 1.20. The molecule has 0 aromatic heterocycles. The van der Waals surface area contributed by atoms with Crippen LogP contribution in [0.25, 0.3) is 0 Å². The topological polar surface area (TPSA) is 29.5 Å². The lowest BCUT2D eigenvalue weighted by Gasteiger charge is -2.20. The van der Waals surface area contributed by atoms with Gasteiger partial charge in [-0.1, -0.05) is 25.0 Å². The third-order valence-electron chi connectivity index (χ3n) is 3.75. The van der Waals surface area contributed by atoms with E-state index in [1.54, 1.807) is 7.11 Å². The fourth-order valence-corrected chi connectivity index (χ4v) is 2.52. The number of amides is 1. The molecule has 0 saturated carbocycles. The van der Waals surface area contributed by atoms with Crippen LogP contribution in [0.4, 0.5) is 0 Å². The molecule has 3 heteroatoms. The SMILES string of the molecule is COc1ccc(CCC(=O)N2CCCCCC2)cc1. The maximum atomic E-state index is 12.1.